The number of halogens is 2. The van der Waals surface area contributed by atoms with Crippen LogP contribution in [0, 0.1) is 6.92 Å². The lowest BCUT2D eigenvalue weighted by Gasteiger charge is -2.04. The molecule has 2 aromatic carbocycles. The number of aryl methyl sites for hydroxylation is 1. The maximum absolute atomic E-state index is 12.8. The van der Waals surface area contributed by atoms with E-state index in [1.54, 1.807) is 18.2 Å². The highest BCUT2D eigenvalue weighted by atomic mass is 35.5. The van der Waals surface area contributed by atoms with Crippen LogP contribution in [0.2, 0.25) is 10.0 Å². The van der Waals surface area contributed by atoms with Crippen molar-refractivity contribution in [1.29, 1.82) is 0 Å². The quantitative estimate of drug-likeness (QED) is 0.388. The monoisotopic (exact) mass is 427 g/mol. The minimum atomic E-state index is -0.325. The second-order valence-corrected chi connectivity index (χ2v) is 8.06. The largest absolute Gasteiger partial charge is 0.311 e. The van der Waals surface area contributed by atoms with E-state index in [0.717, 1.165) is 26.8 Å². The van der Waals surface area contributed by atoms with Crippen LogP contribution in [-0.2, 0) is 6.54 Å². The number of thiazole rings is 1. The number of nitrogens with zero attached hydrogens (tertiary/aromatic N) is 3. The van der Waals surface area contributed by atoms with Gasteiger partial charge in [0.05, 0.1) is 25.8 Å². The Hall–Kier alpha value is -2.47. The SMILES string of the molecule is C=CCn1c(=NC(=O)c2ccc3nc(C)ccc3c2)sc2ccc(Cl)c(Cl)c21. The molecule has 0 aliphatic carbocycles. The number of benzene rings is 2. The van der Waals surface area contributed by atoms with Crippen molar-refractivity contribution in [2.45, 2.75) is 13.5 Å². The van der Waals surface area contributed by atoms with Crippen LogP contribution >= 0.6 is 34.5 Å². The molecule has 28 heavy (non-hydrogen) atoms. The lowest BCUT2D eigenvalue weighted by Crippen LogP contribution is -2.16. The van der Waals surface area contributed by atoms with E-state index < -0.39 is 0 Å². The molecule has 0 saturated heterocycles. The van der Waals surface area contributed by atoms with Crippen molar-refractivity contribution in [3.8, 4) is 0 Å². The maximum Gasteiger partial charge on any atom is 0.279 e. The molecule has 2 heterocycles. The Balaban J connectivity index is 1.86. The summed E-state index contributed by atoms with van der Waals surface area (Å²) in [5.74, 6) is -0.325. The summed E-state index contributed by atoms with van der Waals surface area (Å²) < 4.78 is 2.76. The number of carbonyl (C=O) groups is 1. The highest BCUT2D eigenvalue weighted by Crippen LogP contribution is 2.32. The number of hydrogen-bond acceptors (Lipinski definition) is 3. The summed E-state index contributed by atoms with van der Waals surface area (Å²) in [4.78, 5) is 22.2. The average Bonchev–Trinajstić information content (AvgIpc) is 3.02. The number of allylic oxidation sites excluding steroid dienone is 1. The van der Waals surface area contributed by atoms with E-state index in [4.69, 9.17) is 23.2 Å². The molecule has 4 rings (SSSR count). The van der Waals surface area contributed by atoms with Crippen LogP contribution in [0.3, 0.4) is 0 Å². The van der Waals surface area contributed by atoms with Gasteiger partial charge in [0.2, 0.25) is 0 Å². The fraction of sp³-hybridized carbons (Fsp3) is 0.0952. The normalized spacial score (nSPS) is 12.0. The van der Waals surface area contributed by atoms with Crippen LogP contribution < -0.4 is 4.80 Å². The molecule has 140 valence electrons. The van der Waals surface area contributed by atoms with E-state index >= 15 is 0 Å². The van der Waals surface area contributed by atoms with Crippen molar-refractivity contribution < 1.29 is 4.79 Å². The van der Waals surface area contributed by atoms with E-state index in [1.807, 2.05) is 41.8 Å². The highest BCUT2D eigenvalue weighted by Gasteiger charge is 2.13. The van der Waals surface area contributed by atoms with Crippen LogP contribution in [-0.4, -0.2) is 15.5 Å². The Morgan fingerprint density at radius 2 is 2.07 bits per heavy atom. The first-order chi connectivity index (χ1) is 13.5. The zero-order valence-corrected chi connectivity index (χ0v) is 17.3. The molecule has 0 bridgehead atoms. The summed E-state index contributed by atoms with van der Waals surface area (Å²) in [6, 6.07) is 12.9. The fourth-order valence-corrected chi connectivity index (χ4v) is 4.52. The number of hydrogen-bond donors (Lipinski definition) is 0. The van der Waals surface area contributed by atoms with Gasteiger partial charge in [-0.3, -0.25) is 9.78 Å². The molecule has 0 aliphatic heterocycles. The van der Waals surface area contributed by atoms with Crippen molar-refractivity contribution in [2.75, 3.05) is 0 Å². The summed E-state index contributed by atoms with van der Waals surface area (Å²) >= 11 is 14.0. The van der Waals surface area contributed by atoms with Crippen molar-refractivity contribution in [3.63, 3.8) is 0 Å². The molecule has 7 heteroatoms. The molecule has 0 fully saturated rings. The second-order valence-electron chi connectivity index (χ2n) is 6.27. The van der Waals surface area contributed by atoms with Crippen molar-refractivity contribution in [2.24, 2.45) is 4.99 Å². The standard InChI is InChI=1S/C21H15Cl2N3OS/c1-3-10-26-19-17(9-7-15(22)18(19)23)28-21(26)25-20(27)14-6-8-16-13(11-14)5-4-12(2)24-16/h3-9,11H,1,10H2,2H3. The minimum absolute atomic E-state index is 0.325. The smallest absolute Gasteiger partial charge is 0.279 e. The van der Waals surface area contributed by atoms with E-state index in [-0.39, 0.29) is 5.91 Å². The van der Waals surface area contributed by atoms with Gasteiger partial charge in [0.15, 0.2) is 4.80 Å². The van der Waals surface area contributed by atoms with Crippen LogP contribution in [0.5, 0.6) is 0 Å². The molecule has 4 nitrogen and oxygen atoms in total. The molecular weight excluding hydrogens is 413 g/mol. The van der Waals surface area contributed by atoms with Gasteiger partial charge in [0.1, 0.15) is 0 Å². The average molecular weight is 428 g/mol. The molecule has 2 aromatic heterocycles. The van der Waals surface area contributed by atoms with E-state index in [9.17, 15) is 4.79 Å². The van der Waals surface area contributed by atoms with Gasteiger partial charge in [-0.25, -0.2) is 0 Å². The molecule has 1 amide bonds. The predicted molar refractivity (Wildman–Crippen MR) is 116 cm³/mol. The molecule has 0 unspecified atom stereocenters. The van der Waals surface area contributed by atoms with Crippen LogP contribution in [0.1, 0.15) is 16.1 Å². The number of carbonyl (C=O) groups excluding carboxylic acids is 1. The zero-order chi connectivity index (χ0) is 19.8. The van der Waals surface area contributed by atoms with Gasteiger partial charge in [-0.05, 0) is 43.3 Å². The summed E-state index contributed by atoms with van der Waals surface area (Å²) in [5.41, 5.74) is 3.04. The predicted octanol–water partition coefficient (Wildman–Crippen LogP) is 5.79. The van der Waals surface area contributed by atoms with Crippen LogP contribution in [0.4, 0.5) is 0 Å². The summed E-state index contributed by atoms with van der Waals surface area (Å²) in [6.45, 7) is 6.19. The first kappa shape index (κ1) is 18.9. The minimum Gasteiger partial charge on any atom is -0.311 e. The topological polar surface area (TPSA) is 47.2 Å². The number of amides is 1. The molecular formula is C21H15Cl2N3OS. The molecule has 0 saturated carbocycles. The van der Waals surface area contributed by atoms with Crippen LogP contribution in [0.15, 0.2) is 60.1 Å². The first-order valence-electron chi connectivity index (χ1n) is 8.52. The van der Waals surface area contributed by atoms with Crippen LogP contribution in [0.25, 0.3) is 21.1 Å². The third kappa shape index (κ3) is 3.37. The third-order valence-electron chi connectivity index (χ3n) is 4.32. The maximum atomic E-state index is 12.8. The van der Waals surface area contributed by atoms with Gasteiger partial charge in [0, 0.05) is 23.2 Å². The van der Waals surface area contributed by atoms with Crippen molar-refractivity contribution in [3.05, 3.63) is 81.2 Å². The van der Waals surface area contributed by atoms with Gasteiger partial charge in [-0.1, -0.05) is 46.7 Å². The Bertz CT molecular complexity index is 1320. The number of rotatable bonds is 3. The number of aromatic nitrogens is 2. The van der Waals surface area contributed by atoms with Gasteiger partial charge in [-0.15, -0.1) is 6.58 Å². The highest BCUT2D eigenvalue weighted by molar-refractivity contribution is 7.16. The molecule has 0 spiro atoms. The molecule has 4 aromatic rings. The summed E-state index contributed by atoms with van der Waals surface area (Å²) in [7, 11) is 0. The Morgan fingerprint density at radius 1 is 1.25 bits per heavy atom. The summed E-state index contributed by atoms with van der Waals surface area (Å²) in [6.07, 6.45) is 1.73. The Kier molecular flexibility index (Phi) is 5.06. The second kappa shape index (κ2) is 7.51. The van der Waals surface area contributed by atoms with E-state index in [1.165, 1.54) is 11.3 Å². The van der Waals surface area contributed by atoms with Crippen molar-refractivity contribution in [1.82, 2.24) is 9.55 Å². The van der Waals surface area contributed by atoms with E-state index in [0.29, 0.717) is 27.0 Å². The molecule has 0 N–H and O–H groups in total. The van der Waals surface area contributed by atoms with Gasteiger partial charge < -0.3 is 4.57 Å². The summed E-state index contributed by atoms with van der Waals surface area (Å²) in [5, 5.41) is 1.80. The Morgan fingerprint density at radius 3 is 2.86 bits per heavy atom. The van der Waals surface area contributed by atoms with E-state index in [2.05, 4.69) is 16.6 Å². The van der Waals surface area contributed by atoms with Gasteiger partial charge >= 0.3 is 0 Å². The molecule has 0 radical (unpaired) electrons. The van der Waals surface area contributed by atoms with Gasteiger partial charge in [0.25, 0.3) is 5.91 Å². The lowest BCUT2D eigenvalue weighted by molar-refractivity contribution is 0.0998. The first-order valence-corrected chi connectivity index (χ1v) is 10.1. The fourth-order valence-electron chi connectivity index (χ4n) is 3.00. The molecule has 0 atom stereocenters. The number of pyridine rings is 1. The third-order valence-corrected chi connectivity index (χ3v) is 6.16. The zero-order valence-electron chi connectivity index (χ0n) is 14.9. The van der Waals surface area contributed by atoms with Gasteiger partial charge in [-0.2, -0.15) is 4.99 Å². The Labute approximate surface area is 175 Å². The molecule has 0 aliphatic rings. The van der Waals surface area contributed by atoms with Crippen molar-refractivity contribution >= 4 is 61.6 Å². The lowest BCUT2D eigenvalue weighted by atomic mass is 10.1. The number of fused-ring (bicyclic) bond motifs is 2.